The van der Waals surface area contributed by atoms with Crippen molar-refractivity contribution in [2.24, 2.45) is 4.99 Å². The minimum absolute atomic E-state index is 0.0828. The smallest absolute Gasteiger partial charge is 0.228 e. The van der Waals surface area contributed by atoms with E-state index in [2.05, 4.69) is 31.8 Å². The van der Waals surface area contributed by atoms with Crippen LogP contribution in [0.1, 0.15) is 31.2 Å². The van der Waals surface area contributed by atoms with Crippen LogP contribution in [-0.4, -0.2) is 29.3 Å². The second-order valence-electron chi connectivity index (χ2n) is 6.10. The lowest BCUT2D eigenvalue weighted by Crippen LogP contribution is -2.25. The molecule has 0 amide bonds. The average molecular weight is 436 g/mol. The minimum atomic E-state index is -0.654. The number of aromatic nitrogens is 1. The van der Waals surface area contributed by atoms with E-state index in [1.807, 2.05) is 14.0 Å². The van der Waals surface area contributed by atoms with Crippen molar-refractivity contribution >= 4 is 28.0 Å². The van der Waals surface area contributed by atoms with E-state index in [1.54, 1.807) is 31.2 Å². The molecule has 2 atom stereocenters. The molecule has 0 aliphatic carbocycles. The third-order valence-electron chi connectivity index (χ3n) is 3.98. The van der Waals surface area contributed by atoms with Crippen LogP contribution in [0.25, 0.3) is 0 Å². The van der Waals surface area contributed by atoms with Crippen LogP contribution in [0.3, 0.4) is 0 Å². The number of terminal acetylenes is 1. The van der Waals surface area contributed by atoms with Gasteiger partial charge < -0.3 is 9.64 Å². The van der Waals surface area contributed by atoms with Crippen LogP contribution in [0.4, 0.5) is 14.5 Å². The van der Waals surface area contributed by atoms with E-state index in [1.165, 1.54) is 12.1 Å². The standard InChI is InChI=1S/C20H20BrF2N3O/c1-6-12(2)26(5)11-24-19-10-18(21)20(25-13(19)3)27-14(4)15-7-16(22)9-17(23)8-15/h1,7-12,14H,2-5H3/b24-11+. The summed E-state index contributed by atoms with van der Waals surface area (Å²) in [7, 11) is 1.84. The molecular weight excluding hydrogens is 416 g/mol. The first-order valence-electron chi connectivity index (χ1n) is 8.23. The van der Waals surface area contributed by atoms with Gasteiger partial charge in [0.1, 0.15) is 17.7 Å². The third kappa shape index (κ3) is 5.51. The fraction of sp³-hybridized carbons (Fsp3) is 0.300. The first-order chi connectivity index (χ1) is 12.7. The van der Waals surface area contributed by atoms with E-state index in [9.17, 15) is 8.78 Å². The second kappa shape index (κ2) is 8.96. The van der Waals surface area contributed by atoms with Crippen LogP contribution < -0.4 is 4.74 Å². The Balaban J connectivity index is 2.21. The number of halogens is 3. The van der Waals surface area contributed by atoms with Crippen LogP contribution in [-0.2, 0) is 0 Å². The second-order valence-corrected chi connectivity index (χ2v) is 6.95. The molecule has 0 fully saturated rings. The van der Waals surface area contributed by atoms with Crippen molar-refractivity contribution < 1.29 is 13.5 Å². The summed E-state index contributed by atoms with van der Waals surface area (Å²) in [6.07, 6.45) is 6.44. The maximum atomic E-state index is 13.4. The van der Waals surface area contributed by atoms with Crippen LogP contribution >= 0.6 is 15.9 Å². The Morgan fingerprint density at radius 2 is 1.89 bits per heavy atom. The Kier molecular flexibility index (Phi) is 6.92. The molecule has 0 radical (unpaired) electrons. The zero-order valence-electron chi connectivity index (χ0n) is 15.5. The molecule has 142 valence electrons. The van der Waals surface area contributed by atoms with Crippen molar-refractivity contribution in [2.75, 3.05) is 7.05 Å². The van der Waals surface area contributed by atoms with E-state index < -0.39 is 17.7 Å². The van der Waals surface area contributed by atoms with E-state index in [4.69, 9.17) is 11.2 Å². The van der Waals surface area contributed by atoms with Crippen LogP contribution in [0.5, 0.6) is 5.88 Å². The highest BCUT2D eigenvalue weighted by Gasteiger charge is 2.15. The molecule has 0 aliphatic heterocycles. The Hall–Kier alpha value is -2.46. The summed E-state index contributed by atoms with van der Waals surface area (Å²) in [6.45, 7) is 5.38. The predicted octanol–water partition coefficient (Wildman–Crippen LogP) is 5.18. The van der Waals surface area contributed by atoms with E-state index in [-0.39, 0.29) is 6.04 Å². The number of aryl methyl sites for hydroxylation is 1. The van der Waals surface area contributed by atoms with Gasteiger partial charge in [0.15, 0.2) is 0 Å². The lowest BCUT2D eigenvalue weighted by molar-refractivity contribution is 0.214. The topological polar surface area (TPSA) is 37.7 Å². The van der Waals surface area contributed by atoms with Gasteiger partial charge in [0.25, 0.3) is 0 Å². The number of hydrogen-bond donors (Lipinski definition) is 0. The van der Waals surface area contributed by atoms with Crippen LogP contribution in [0, 0.1) is 30.9 Å². The van der Waals surface area contributed by atoms with Gasteiger partial charge in [-0.1, -0.05) is 5.92 Å². The van der Waals surface area contributed by atoms with Crippen LogP contribution in [0.15, 0.2) is 33.7 Å². The summed E-state index contributed by atoms with van der Waals surface area (Å²) < 4.78 is 33.2. The Morgan fingerprint density at radius 3 is 2.48 bits per heavy atom. The monoisotopic (exact) mass is 435 g/mol. The van der Waals surface area contributed by atoms with Gasteiger partial charge in [-0.2, -0.15) is 0 Å². The molecule has 1 heterocycles. The number of benzene rings is 1. The van der Waals surface area contributed by atoms with Gasteiger partial charge in [0, 0.05) is 13.1 Å². The maximum absolute atomic E-state index is 13.4. The van der Waals surface area contributed by atoms with E-state index >= 15 is 0 Å². The Morgan fingerprint density at radius 1 is 1.26 bits per heavy atom. The van der Waals surface area contributed by atoms with Gasteiger partial charge >= 0.3 is 0 Å². The number of ether oxygens (including phenoxy) is 1. The predicted molar refractivity (Wildman–Crippen MR) is 106 cm³/mol. The summed E-state index contributed by atoms with van der Waals surface area (Å²) in [5.41, 5.74) is 1.67. The molecule has 0 saturated carbocycles. The third-order valence-corrected chi connectivity index (χ3v) is 4.55. The van der Waals surface area contributed by atoms with Crippen molar-refractivity contribution in [1.29, 1.82) is 0 Å². The first kappa shape index (κ1) is 20.8. The molecule has 2 rings (SSSR count). The zero-order valence-corrected chi connectivity index (χ0v) is 17.1. The fourth-order valence-electron chi connectivity index (χ4n) is 2.18. The highest BCUT2D eigenvalue weighted by atomic mass is 79.9. The molecule has 0 aliphatic rings. The number of aliphatic imine (C=N–C) groups is 1. The normalized spacial score (nSPS) is 13.3. The van der Waals surface area contributed by atoms with Crippen LogP contribution in [0.2, 0.25) is 0 Å². The molecule has 4 nitrogen and oxygen atoms in total. The van der Waals surface area contributed by atoms with Gasteiger partial charge in [-0.3, -0.25) is 0 Å². The quantitative estimate of drug-likeness (QED) is 0.356. The zero-order chi connectivity index (χ0) is 20.1. The van der Waals surface area contributed by atoms with Gasteiger partial charge in [0.05, 0.1) is 28.2 Å². The van der Waals surface area contributed by atoms with Crippen molar-refractivity contribution in [3.63, 3.8) is 0 Å². The summed E-state index contributed by atoms with van der Waals surface area (Å²) in [5, 5.41) is 0. The molecule has 0 N–H and O–H groups in total. The molecule has 0 saturated heterocycles. The van der Waals surface area contributed by atoms with Crippen molar-refractivity contribution in [1.82, 2.24) is 9.88 Å². The molecule has 27 heavy (non-hydrogen) atoms. The van der Waals surface area contributed by atoms with Gasteiger partial charge in [-0.05, 0) is 60.5 Å². The lowest BCUT2D eigenvalue weighted by atomic mass is 10.1. The molecule has 7 heteroatoms. The average Bonchev–Trinajstić information content (AvgIpc) is 2.61. The summed E-state index contributed by atoms with van der Waals surface area (Å²) >= 11 is 3.41. The molecule has 1 aromatic carbocycles. The summed E-state index contributed by atoms with van der Waals surface area (Å²) in [6, 6.07) is 4.96. The SMILES string of the molecule is C#CC(C)N(C)/C=N/c1cc(Br)c(OC(C)c2cc(F)cc(F)c2)nc1C. The molecular formula is C20H20BrF2N3O. The Labute approximate surface area is 166 Å². The maximum Gasteiger partial charge on any atom is 0.228 e. The van der Waals surface area contributed by atoms with Gasteiger partial charge in [-0.25, -0.2) is 18.8 Å². The molecule has 2 aromatic rings. The highest BCUT2D eigenvalue weighted by molar-refractivity contribution is 9.10. The molecule has 1 aromatic heterocycles. The number of hydrogen-bond acceptors (Lipinski definition) is 3. The fourth-order valence-corrected chi connectivity index (χ4v) is 2.58. The summed E-state index contributed by atoms with van der Waals surface area (Å²) in [5.74, 6) is 1.62. The van der Waals surface area contributed by atoms with Crippen molar-refractivity contribution in [3.05, 3.63) is 51.6 Å². The number of pyridine rings is 1. The van der Waals surface area contributed by atoms with Gasteiger partial charge in [-0.15, -0.1) is 6.42 Å². The van der Waals surface area contributed by atoms with E-state index in [0.29, 0.717) is 27.3 Å². The summed E-state index contributed by atoms with van der Waals surface area (Å²) in [4.78, 5) is 10.6. The molecule has 0 spiro atoms. The van der Waals surface area contributed by atoms with Crippen molar-refractivity contribution in [3.8, 4) is 18.2 Å². The molecule has 2 unspecified atom stereocenters. The largest absolute Gasteiger partial charge is 0.469 e. The number of nitrogens with zero attached hydrogens (tertiary/aromatic N) is 3. The number of rotatable bonds is 6. The highest BCUT2D eigenvalue weighted by Crippen LogP contribution is 2.32. The van der Waals surface area contributed by atoms with Gasteiger partial charge in [0.2, 0.25) is 5.88 Å². The Bertz CT molecular complexity index is 875. The first-order valence-corrected chi connectivity index (χ1v) is 9.02. The van der Waals surface area contributed by atoms with Crippen molar-refractivity contribution in [2.45, 2.75) is 32.9 Å². The molecule has 0 bridgehead atoms. The minimum Gasteiger partial charge on any atom is -0.469 e. The van der Waals surface area contributed by atoms with E-state index in [0.717, 1.165) is 6.07 Å². The lowest BCUT2D eigenvalue weighted by Gasteiger charge is -2.18.